The maximum atomic E-state index is 12.8. The molecule has 0 radical (unpaired) electrons. The molecular formula is C25H32N2OS. The van der Waals surface area contributed by atoms with Crippen LogP contribution in [-0.4, -0.2) is 54.2 Å². The lowest BCUT2D eigenvalue weighted by Crippen LogP contribution is -2.49. The van der Waals surface area contributed by atoms with E-state index in [-0.39, 0.29) is 5.92 Å². The van der Waals surface area contributed by atoms with Crippen molar-refractivity contribution in [2.45, 2.75) is 37.0 Å². The number of carbonyl (C=O) groups excluding carboxylic acids is 1. The van der Waals surface area contributed by atoms with Crippen LogP contribution in [0.5, 0.6) is 0 Å². The van der Waals surface area contributed by atoms with Gasteiger partial charge in [-0.1, -0.05) is 56.3 Å². The third-order valence-corrected chi connectivity index (χ3v) is 7.23. The number of piperazine rings is 1. The number of hydrogen-bond acceptors (Lipinski definition) is 3. The SMILES string of the molecule is CC(C)c1ccc(SCCN2CCN(C(=O)[C@@H]3C[C@H]3c3ccccc3)CC2)cc1. The maximum absolute atomic E-state index is 12.8. The van der Waals surface area contributed by atoms with Crippen molar-refractivity contribution < 1.29 is 4.79 Å². The predicted octanol–water partition coefficient (Wildman–Crippen LogP) is 4.85. The van der Waals surface area contributed by atoms with Gasteiger partial charge in [-0.15, -0.1) is 11.8 Å². The first-order valence-electron chi connectivity index (χ1n) is 10.9. The van der Waals surface area contributed by atoms with Crippen LogP contribution >= 0.6 is 11.8 Å². The third-order valence-electron chi connectivity index (χ3n) is 6.24. The van der Waals surface area contributed by atoms with Crippen molar-refractivity contribution in [2.75, 3.05) is 38.5 Å². The zero-order valence-corrected chi connectivity index (χ0v) is 18.4. The van der Waals surface area contributed by atoms with E-state index in [9.17, 15) is 4.79 Å². The summed E-state index contributed by atoms with van der Waals surface area (Å²) in [6, 6.07) is 19.5. The number of nitrogens with zero attached hydrogens (tertiary/aromatic N) is 2. The van der Waals surface area contributed by atoms with Crippen LogP contribution in [0.4, 0.5) is 0 Å². The summed E-state index contributed by atoms with van der Waals surface area (Å²) < 4.78 is 0. The number of hydrogen-bond donors (Lipinski definition) is 0. The second-order valence-electron chi connectivity index (χ2n) is 8.60. The Bertz CT molecular complexity index is 797. The molecule has 2 aliphatic rings. The van der Waals surface area contributed by atoms with Gasteiger partial charge < -0.3 is 4.90 Å². The number of amides is 1. The molecule has 4 heteroatoms. The van der Waals surface area contributed by atoms with Gasteiger partial charge in [-0.2, -0.15) is 0 Å². The number of carbonyl (C=O) groups is 1. The van der Waals surface area contributed by atoms with Crippen molar-refractivity contribution in [2.24, 2.45) is 5.92 Å². The zero-order chi connectivity index (χ0) is 20.2. The van der Waals surface area contributed by atoms with Gasteiger partial charge in [-0.25, -0.2) is 0 Å². The largest absolute Gasteiger partial charge is 0.340 e. The molecular weight excluding hydrogens is 376 g/mol. The average molecular weight is 409 g/mol. The number of thioether (sulfide) groups is 1. The molecule has 1 aliphatic carbocycles. The summed E-state index contributed by atoms with van der Waals surface area (Å²) >= 11 is 1.93. The highest BCUT2D eigenvalue weighted by Gasteiger charge is 2.45. The van der Waals surface area contributed by atoms with Crippen molar-refractivity contribution in [3.63, 3.8) is 0 Å². The third kappa shape index (κ3) is 5.23. The molecule has 0 spiro atoms. The fourth-order valence-corrected chi connectivity index (χ4v) is 5.12. The highest BCUT2D eigenvalue weighted by Crippen LogP contribution is 2.48. The van der Waals surface area contributed by atoms with Gasteiger partial charge in [0.2, 0.25) is 5.91 Å². The van der Waals surface area contributed by atoms with Crippen molar-refractivity contribution in [3.8, 4) is 0 Å². The summed E-state index contributed by atoms with van der Waals surface area (Å²) in [5.41, 5.74) is 2.73. The molecule has 0 aromatic heterocycles. The number of benzene rings is 2. The van der Waals surface area contributed by atoms with Gasteiger partial charge >= 0.3 is 0 Å². The van der Waals surface area contributed by atoms with E-state index in [2.05, 4.69) is 72.2 Å². The van der Waals surface area contributed by atoms with Crippen molar-refractivity contribution in [1.29, 1.82) is 0 Å². The molecule has 2 aromatic carbocycles. The van der Waals surface area contributed by atoms with Gasteiger partial charge in [0.15, 0.2) is 0 Å². The van der Waals surface area contributed by atoms with Gasteiger partial charge in [-0.05, 0) is 41.5 Å². The molecule has 154 valence electrons. The summed E-state index contributed by atoms with van der Waals surface area (Å²) in [7, 11) is 0. The van der Waals surface area contributed by atoms with Crippen LogP contribution in [0.2, 0.25) is 0 Å². The second kappa shape index (κ2) is 9.36. The smallest absolute Gasteiger partial charge is 0.226 e. The van der Waals surface area contributed by atoms with E-state index >= 15 is 0 Å². The van der Waals surface area contributed by atoms with Crippen LogP contribution in [0.1, 0.15) is 43.2 Å². The summed E-state index contributed by atoms with van der Waals surface area (Å²) in [5, 5.41) is 0. The lowest BCUT2D eigenvalue weighted by molar-refractivity contribution is -0.134. The Hall–Kier alpha value is -1.78. The van der Waals surface area contributed by atoms with Crippen molar-refractivity contribution >= 4 is 17.7 Å². The Morgan fingerprint density at radius 3 is 2.34 bits per heavy atom. The Balaban J connectivity index is 1.17. The van der Waals surface area contributed by atoms with Gasteiger partial charge in [0.05, 0.1) is 0 Å². The fraction of sp³-hybridized carbons (Fsp3) is 0.480. The van der Waals surface area contributed by atoms with Crippen LogP contribution in [0, 0.1) is 5.92 Å². The predicted molar refractivity (Wildman–Crippen MR) is 122 cm³/mol. The summed E-state index contributed by atoms with van der Waals surface area (Å²) in [5.74, 6) is 2.73. The standard InChI is InChI=1S/C25H32N2OS/c1-19(2)20-8-10-22(11-9-20)29-17-16-26-12-14-27(15-13-26)25(28)24-18-23(24)21-6-4-3-5-7-21/h3-11,19,23-24H,12-18H2,1-2H3/t23-,24+/m0/s1. The molecule has 2 atom stereocenters. The molecule has 0 unspecified atom stereocenters. The Labute approximate surface area is 179 Å². The summed E-state index contributed by atoms with van der Waals surface area (Å²) in [4.78, 5) is 18.8. The first-order chi connectivity index (χ1) is 14.1. The lowest BCUT2D eigenvalue weighted by atomic mass is 10.0. The Kier molecular flexibility index (Phi) is 6.61. The van der Waals surface area contributed by atoms with Crippen molar-refractivity contribution in [1.82, 2.24) is 9.80 Å². The van der Waals surface area contributed by atoms with E-state index < -0.39 is 0 Å². The minimum Gasteiger partial charge on any atom is -0.340 e. The van der Waals surface area contributed by atoms with Crippen LogP contribution in [0.3, 0.4) is 0 Å². The Morgan fingerprint density at radius 1 is 1.00 bits per heavy atom. The van der Waals surface area contributed by atoms with E-state index in [0.29, 0.717) is 17.7 Å². The molecule has 2 fully saturated rings. The van der Waals surface area contributed by atoms with Gasteiger partial charge in [-0.3, -0.25) is 9.69 Å². The van der Waals surface area contributed by atoms with E-state index in [1.165, 1.54) is 16.0 Å². The highest BCUT2D eigenvalue weighted by atomic mass is 32.2. The quantitative estimate of drug-likeness (QED) is 0.612. The molecule has 2 aromatic rings. The molecule has 1 saturated carbocycles. The minimum atomic E-state index is 0.216. The molecule has 3 nitrogen and oxygen atoms in total. The first-order valence-corrected chi connectivity index (χ1v) is 11.9. The summed E-state index contributed by atoms with van der Waals surface area (Å²) in [6.45, 7) is 9.32. The monoisotopic (exact) mass is 408 g/mol. The van der Waals surface area contributed by atoms with Gasteiger partial charge in [0.25, 0.3) is 0 Å². The van der Waals surface area contributed by atoms with Crippen LogP contribution < -0.4 is 0 Å². The normalized spacial score (nSPS) is 22.1. The molecule has 1 aliphatic heterocycles. The van der Waals surface area contributed by atoms with E-state index in [1.807, 2.05) is 17.8 Å². The topological polar surface area (TPSA) is 23.6 Å². The molecule has 29 heavy (non-hydrogen) atoms. The van der Waals surface area contributed by atoms with Gasteiger partial charge in [0.1, 0.15) is 0 Å². The van der Waals surface area contributed by atoms with E-state index in [4.69, 9.17) is 0 Å². The molecule has 1 heterocycles. The van der Waals surface area contributed by atoms with Crippen molar-refractivity contribution in [3.05, 3.63) is 65.7 Å². The maximum Gasteiger partial charge on any atom is 0.226 e. The molecule has 0 N–H and O–H groups in total. The average Bonchev–Trinajstić information content (AvgIpc) is 3.56. The summed E-state index contributed by atoms with van der Waals surface area (Å²) in [6.07, 6.45) is 1.02. The minimum absolute atomic E-state index is 0.216. The number of rotatable bonds is 7. The first kappa shape index (κ1) is 20.5. The highest BCUT2D eigenvalue weighted by molar-refractivity contribution is 7.99. The van der Waals surface area contributed by atoms with Crippen LogP contribution in [-0.2, 0) is 4.79 Å². The lowest BCUT2D eigenvalue weighted by Gasteiger charge is -2.35. The molecule has 1 saturated heterocycles. The van der Waals surface area contributed by atoms with Crippen LogP contribution in [0.25, 0.3) is 0 Å². The second-order valence-corrected chi connectivity index (χ2v) is 9.77. The zero-order valence-electron chi connectivity index (χ0n) is 17.6. The molecule has 4 rings (SSSR count). The Morgan fingerprint density at radius 2 is 1.69 bits per heavy atom. The fourth-order valence-electron chi connectivity index (χ4n) is 4.20. The van der Waals surface area contributed by atoms with E-state index in [0.717, 1.165) is 44.9 Å². The molecule has 0 bridgehead atoms. The molecule has 1 amide bonds. The van der Waals surface area contributed by atoms with Crippen LogP contribution in [0.15, 0.2) is 59.5 Å². The van der Waals surface area contributed by atoms with Gasteiger partial charge in [0, 0.05) is 49.3 Å². The van der Waals surface area contributed by atoms with E-state index in [1.54, 1.807) is 0 Å².